The predicted molar refractivity (Wildman–Crippen MR) is 92.5 cm³/mol. The molecule has 8 heteroatoms. The highest BCUT2D eigenvalue weighted by molar-refractivity contribution is 5.95. The maximum Gasteiger partial charge on any atom is 0.341 e. The van der Waals surface area contributed by atoms with E-state index in [1.807, 2.05) is 21.7 Å². The number of nitrogens with zero attached hydrogens (tertiary/aromatic N) is 5. The SMILES string of the molecule is COC(=O)c1cccn2cc(CN3CCN(C(=O)N(C)C)CC3)nc12. The molecule has 2 aromatic heterocycles. The molecule has 0 aliphatic carbocycles. The number of amides is 2. The van der Waals surface area contributed by atoms with Gasteiger partial charge in [-0.2, -0.15) is 0 Å². The molecule has 1 aliphatic heterocycles. The zero-order chi connectivity index (χ0) is 18.0. The second kappa shape index (κ2) is 7.10. The van der Waals surface area contributed by atoms with Gasteiger partial charge >= 0.3 is 12.0 Å². The monoisotopic (exact) mass is 345 g/mol. The molecule has 1 saturated heterocycles. The molecule has 1 fully saturated rings. The smallest absolute Gasteiger partial charge is 0.341 e. The van der Waals surface area contributed by atoms with Gasteiger partial charge in [0, 0.05) is 59.2 Å². The number of fused-ring (bicyclic) bond motifs is 1. The molecular weight excluding hydrogens is 322 g/mol. The minimum atomic E-state index is -0.390. The van der Waals surface area contributed by atoms with Crippen LogP contribution in [0.25, 0.3) is 5.65 Å². The van der Waals surface area contributed by atoms with Crippen LogP contribution >= 0.6 is 0 Å². The number of urea groups is 1. The second-order valence-corrected chi connectivity index (χ2v) is 6.32. The fourth-order valence-electron chi connectivity index (χ4n) is 3.02. The van der Waals surface area contributed by atoms with Gasteiger partial charge in [0.25, 0.3) is 0 Å². The van der Waals surface area contributed by atoms with Crippen LogP contribution in [-0.2, 0) is 11.3 Å². The number of aromatic nitrogens is 2. The Hall–Kier alpha value is -2.61. The van der Waals surface area contributed by atoms with Gasteiger partial charge in [0.1, 0.15) is 5.56 Å². The number of imidazole rings is 1. The standard InChI is InChI=1S/C17H23N5O3/c1-19(2)17(24)21-9-7-20(8-10-21)11-13-12-22-6-4-5-14(15(22)18-13)16(23)25-3/h4-6,12H,7-11H2,1-3H3. The van der Waals surface area contributed by atoms with E-state index in [9.17, 15) is 9.59 Å². The first-order valence-electron chi connectivity index (χ1n) is 8.23. The topological polar surface area (TPSA) is 70.4 Å². The molecule has 0 atom stereocenters. The van der Waals surface area contributed by atoms with Crippen LogP contribution < -0.4 is 0 Å². The Kier molecular flexibility index (Phi) is 4.89. The first kappa shape index (κ1) is 17.2. The van der Waals surface area contributed by atoms with E-state index in [-0.39, 0.29) is 6.03 Å². The molecule has 1 aliphatic rings. The Morgan fingerprint density at radius 3 is 2.60 bits per heavy atom. The van der Waals surface area contributed by atoms with E-state index < -0.39 is 5.97 Å². The first-order chi connectivity index (χ1) is 12.0. The molecule has 2 aromatic rings. The Morgan fingerprint density at radius 2 is 1.96 bits per heavy atom. The molecular formula is C17H23N5O3. The van der Waals surface area contributed by atoms with Gasteiger partial charge in [-0.25, -0.2) is 14.6 Å². The number of hydrogen-bond acceptors (Lipinski definition) is 5. The zero-order valence-electron chi connectivity index (χ0n) is 14.8. The van der Waals surface area contributed by atoms with E-state index in [2.05, 4.69) is 9.88 Å². The number of pyridine rings is 1. The van der Waals surface area contributed by atoms with Crippen molar-refractivity contribution in [3.8, 4) is 0 Å². The highest BCUT2D eigenvalue weighted by atomic mass is 16.5. The zero-order valence-corrected chi connectivity index (χ0v) is 14.8. The number of ether oxygens (including phenoxy) is 1. The maximum absolute atomic E-state index is 12.0. The summed E-state index contributed by atoms with van der Waals surface area (Å²) in [7, 11) is 4.90. The summed E-state index contributed by atoms with van der Waals surface area (Å²) in [6, 6.07) is 3.56. The van der Waals surface area contributed by atoms with Crippen molar-refractivity contribution in [2.24, 2.45) is 0 Å². The van der Waals surface area contributed by atoms with Gasteiger partial charge in [0.05, 0.1) is 12.8 Å². The van der Waals surface area contributed by atoms with Crippen molar-refractivity contribution in [3.63, 3.8) is 0 Å². The van der Waals surface area contributed by atoms with Gasteiger partial charge in [-0.15, -0.1) is 0 Å². The number of methoxy groups -OCH3 is 1. The summed E-state index contributed by atoms with van der Waals surface area (Å²) in [6.07, 6.45) is 3.80. The molecule has 2 amide bonds. The van der Waals surface area contributed by atoms with Crippen molar-refractivity contribution in [1.82, 2.24) is 24.1 Å². The molecule has 0 N–H and O–H groups in total. The van der Waals surface area contributed by atoms with Crippen LogP contribution in [0.15, 0.2) is 24.5 Å². The van der Waals surface area contributed by atoms with Crippen molar-refractivity contribution in [2.75, 3.05) is 47.4 Å². The van der Waals surface area contributed by atoms with Crippen molar-refractivity contribution in [1.29, 1.82) is 0 Å². The van der Waals surface area contributed by atoms with Crippen LogP contribution in [0, 0.1) is 0 Å². The third kappa shape index (κ3) is 3.58. The molecule has 0 unspecified atom stereocenters. The van der Waals surface area contributed by atoms with E-state index in [1.165, 1.54) is 7.11 Å². The fourth-order valence-corrected chi connectivity index (χ4v) is 3.02. The number of rotatable bonds is 3. The number of hydrogen-bond donors (Lipinski definition) is 0. The van der Waals surface area contributed by atoms with Crippen LogP contribution in [0.1, 0.15) is 16.1 Å². The first-order valence-corrected chi connectivity index (χ1v) is 8.23. The predicted octanol–water partition coefficient (Wildman–Crippen LogP) is 0.920. The third-order valence-corrected chi connectivity index (χ3v) is 4.35. The minimum Gasteiger partial charge on any atom is -0.465 e. The maximum atomic E-state index is 12.0. The summed E-state index contributed by atoms with van der Waals surface area (Å²) in [5, 5.41) is 0. The number of esters is 1. The van der Waals surface area contributed by atoms with E-state index in [1.54, 1.807) is 31.1 Å². The van der Waals surface area contributed by atoms with Crippen molar-refractivity contribution in [2.45, 2.75) is 6.54 Å². The summed E-state index contributed by atoms with van der Waals surface area (Å²) < 4.78 is 6.65. The Labute approximate surface area is 146 Å². The Morgan fingerprint density at radius 1 is 1.24 bits per heavy atom. The molecule has 0 spiro atoms. The molecule has 0 aromatic carbocycles. The van der Waals surface area contributed by atoms with Crippen molar-refractivity contribution in [3.05, 3.63) is 35.8 Å². The van der Waals surface area contributed by atoms with Gasteiger partial charge in [0.2, 0.25) is 0 Å². The number of piperazine rings is 1. The summed E-state index contributed by atoms with van der Waals surface area (Å²) in [6.45, 7) is 3.70. The van der Waals surface area contributed by atoms with E-state index in [4.69, 9.17) is 4.74 Å². The van der Waals surface area contributed by atoms with E-state index >= 15 is 0 Å². The summed E-state index contributed by atoms with van der Waals surface area (Å²) in [5.41, 5.74) is 1.95. The largest absolute Gasteiger partial charge is 0.465 e. The van der Waals surface area contributed by atoms with Gasteiger partial charge in [-0.3, -0.25) is 4.90 Å². The summed E-state index contributed by atoms with van der Waals surface area (Å²) in [5.74, 6) is -0.390. The van der Waals surface area contributed by atoms with Crippen molar-refractivity contribution < 1.29 is 14.3 Å². The van der Waals surface area contributed by atoms with Gasteiger partial charge in [0.15, 0.2) is 5.65 Å². The van der Waals surface area contributed by atoms with E-state index in [0.29, 0.717) is 30.8 Å². The molecule has 3 rings (SSSR count). The minimum absolute atomic E-state index is 0.0510. The van der Waals surface area contributed by atoms with Crippen LogP contribution in [0.4, 0.5) is 4.79 Å². The Bertz CT molecular complexity index is 778. The normalized spacial score (nSPS) is 15.4. The molecule has 134 valence electrons. The molecule has 0 radical (unpaired) electrons. The lowest BCUT2D eigenvalue weighted by molar-refractivity contribution is 0.0602. The average molecular weight is 345 g/mol. The highest BCUT2D eigenvalue weighted by Crippen LogP contribution is 2.15. The lowest BCUT2D eigenvalue weighted by atomic mass is 10.3. The van der Waals surface area contributed by atoms with Crippen LogP contribution in [0.3, 0.4) is 0 Å². The van der Waals surface area contributed by atoms with Crippen molar-refractivity contribution >= 4 is 17.6 Å². The number of carbonyl (C=O) groups is 2. The van der Waals surface area contributed by atoms with Crippen LogP contribution in [0.5, 0.6) is 0 Å². The fraction of sp³-hybridized carbons (Fsp3) is 0.471. The van der Waals surface area contributed by atoms with Crippen LogP contribution in [0.2, 0.25) is 0 Å². The highest BCUT2D eigenvalue weighted by Gasteiger charge is 2.23. The average Bonchev–Trinajstić information content (AvgIpc) is 3.03. The van der Waals surface area contributed by atoms with Gasteiger partial charge < -0.3 is 18.9 Å². The quantitative estimate of drug-likeness (QED) is 0.774. The van der Waals surface area contributed by atoms with Gasteiger partial charge in [-0.05, 0) is 12.1 Å². The Balaban J connectivity index is 1.68. The van der Waals surface area contributed by atoms with E-state index in [0.717, 1.165) is 18.8 Å². The molecule has 8 nitrogen and oxygen atoms in total. The molecule has 0 saturated carbocycles. The summed E-state index contributed by atoms with van der Waals surface area (Å²) in [4.78, 5) is 34.2. The number of carbonyl (C=O) groups excluding carboxylic acids is 2. The second-order valence-electron chi connectivity index (χ2n) is 6.32. The lowest BCUT2D eigenvalue weighted by Crippen LogP contribution is -2.51. The van der Waals surface area contributed by atoms with Gasteiger partial charge in [-0.1, -0.05) is 0 Å². The lowest BCUT2D eigenvalue weighted by Gasteiger charge is -2.35. The summed E-state index contributed by atoms with van der Waals surface area (Å²) >= 11 is 0. The third-order valence-electron chi connectivity index (χ3n) is 4.35. The molecule has 25 heavy (non-hydrogen) atoms. The molecule has 3 heterocycles. The van der Waals surface area contributed by atoms with Crippen LogP contribution in [-0.4, -0.2) is 83.5 Å². The molecule has 0 bridgehead atoms.